The molecule has 0 aromatic heterocycles. The molecule has 0 bridgehead atoms. The number of nitrogens with zero attached hydrogens (tertiary/aromatic N) is 2. The maximum atomic E-state index is 11.2. The smallest absolute Gasteiger partial charge is 0.191 e. The quantitative estimate of drug-likeness (QED) is 0.533. The SMILES string of the molecule is CN=C(NCCS(C)(=O)=O)NCC(C(C)C)N1CCCCCC1. The van der Waals surface area contributed by atoms with Crippen molar-refractivity contribution in [1.29, 1.82) is 0 Å². The highest BCUT2D eigenvalue weighted by Gasteiger charge is 2.22. The number of hydrogen-bond donors (Lipinski definition) is 2. The van der Waals surface area contributed by atoms with Crippen molar-refractivity contribution >= 4 is 15.8 Å². The zero-order valence-corrected chi connectivity index (χ0v) is 16.0. The Labute approximate surface area is 142 Å². The van der Waals surface area contributed by atoms with E-state index in [-0.39, 0.29) is 5.75 Å². The summed E-state index contributed by atoms with van der Waals surface area (Å²) in [7, 11) is -1.23. The van der Waals surface area contributed by atoms with E-state index in [1.54, 1.807) is 7.05 Å². The van der Waals surface area contributed by atoms with Gasteiger partial charge in [-0.2, -0.15) is 0 Å². The van der Waals surface area contributed by atoms with Gasteiger partial charge in [-0.3, -0.25) is 9.89 Å². The maximum absolute atomic E-state index is 11.2. The molecule has 1 heterocycles. The Bertz CT molecular complexity index is 455. The van der Waals surface area contributed by atoms with Gasteiger partial charge in [0.15, 0.2) is 5.96 Å². The average molecular weight is 347 g/mol. The summed E-state index contributed by atoms with van der Waals surface area (Å²) in [6.45, 7) is 8.08. The fourth-order valence-corrected chi connectivity index (χ4v) is 3.46. The highest BCUT2D eigenvalue weighted by Crippen LogP contribution is 2.16. The van der Waals surface area contributed by atoms with Crippen LogP contribution in [0.5, 0.6) is 0 Å². The largest absolute Gasteiger partial charge is 0.355 e. The lowest BCUT2D eigenvalue weighted by Crippen LogP contribution is -2.50. The first-order chi connectivity index (χ1) is 10.8. The fourth-order valence-electron chi connectivity index (χ4n) is 2.99. The Hall–Kier alpha value is -0.820. The summed E-state index contributed by atoms with van der Waals surface area (Å²) < 4.78 is 22.4. The van der Waals surface area contributed by atoms with Crippen LogP contribution in [-0.2, 0) is 9.84 Å². The normalized spacial score (nSPS) is 19.4. The topological polar surface area (TPSA) is 73.8 Å². The van der Waals surface area contributed by atoms with Crippen molar-refractivity contribution in [3.8, 4) is 0 Å². The second-order valence-electron chi connectivity index (χ2n) is 6.77. The number of hydrogen-bond acceptors (Lipinski definition) is 4. The first-order valence-corrected chi connectivity index (χ1v) is 10.8. The molecule has 1 saturated heterocycles. The van der Waals surface area contributed by atoms with E-state index in [0.717, 1.165) is 6.54 Å². The summed E-state index contributed by atoms with van der Waals surface area (Å²) in [5, 5.41) is 6.43. The Morgan fingerprint density at radius 1 is 1.13 bits per heavy atom. The molecule has 2 N–H and O–H groups in total. The molecule has 0 aromatic carbocycles. The zero-order chi connectivity index (χ0) is 17.3. The van der Waals surface area contributed by atoms with Gasteiger partial charge in [0.1, 0.15) is 9.84 Å². The van der Waals surface area contributed by atoms with Crippen molar-refractivity contribution < 1.29 is 8.42 Å². The van der Waals surface area contributed by atoms with Gasteiger partial charge in [0.05, 0.1) is 5.75 Å². The van der Waals surface area contributed by atoms with Crippen LogP contribution >= 0.6 is 0 Å². The van der Waals surface area contributed by atoms with Crippen LogP contribution < -0.4 is 10.6 Å². The minimum Gasteiger partial charge on any atom is -0.355 e. The van der Waals surface area contributed by atoms with Crippen LogP contribution in [-0.4, -0.2) is 70.6 Å². The van der Waals surface area contributed by atoms with E-state index in [1.807, 2.05) is 0 Å². The third-order valence-corrected chi connectivity index (χ3v) is 5.29. The minimum atomic E-state index is -2.95. The average Bonchev–Trinajstić information content (AvgIpc) is 2.73. The van der Waals surface area contributed by atoms with Crippen molar-refractivity contribution in [1.82, 2.24) is 15.5 Å². The predicted octanol–water partition coefficient (Wildman–Crippen LogP) is 1.10. The van der Waals surface area contributed by atoms with Gasteiger partial charge in [-0.15, -0.1) is 0 Å². The summed E-state index contributed by atoms with van der Waals surface area (Å²) in [5.74, 6) is 1.36. The molecule has 136 valence electrons. The van der Waals surface area contributed by atoms with Crippen LogP contribution in [0.2, 0.25) is 0 Å². The van der Waals surface area contributed by atoms with Crippen LogP contribution in [0.15, 0.2) is 4.99 Å². The highest BCUT2D eigenvalue weighted by molar-refractivity contribution is 7.90. The monoisotopic (exact) mass is 346 g/mol. The second-order valence-corrected chi connectivity index (χ2v) is 9.03. The molecule has 7 heteroatoms. The molecule has 1 aliphatic heterocycles. The molecule has 0 aliphatic carbocycles. The molecule has 0 amide bonds. The number of sulfone groups is 1. The highest BCUT2D eigenvalue weighted by atomic mass is 32.2. The van der Waals surface area contributed by atoms with E-state index in [2.05, 4.69) is 34.4 Å². The lowest BCUT2D eigenvalue weighted by Gasteiger charge is -2.34. The van der Waals surface area contributed by atoms with Gasteiger partial charge in [-0.1, -0.05) is 26.7 Å². The molecule has 0 spiro atoms. The molecule has 1 fully saturated rings. The van der Waals surface area contributed by atoms with E-state index < -0.39 is 9.84 Å². The summed E-state index contributed by atoms with van der Waals surface area (Å²) in [6.07, 6.45) is 6.49. The molecule has 23 heavy (non-hydrogen) atoms. The van der Waals surface area contributed by atoms with Crippen LogP contribution in [0, 0.1) is 5.92 Å². The van der Waals surface area contributed by atoms with Crippen molar-refractivity contribution in [2.75, 3.05) is 45.2 Å². The summed E-state index contributed by atoms with van der Waals surface area (Å²) in [5.41, 5.74) is 0. The van der Waals surface area contributed by atoms with Gasteiger partial charge < -0.3 is 10.6 Å². The Morgan fingerprint density at radius 3 is 2.22 bits per heavy atom. The predicted molar refractivity (Wildman–Crippen MR) is 97.7 cm³/mol. The van der Waals surface area contributed by atoms with Crippen molar-refractivity contribution in [2.45, 2.75) is 45.6 Å². The number of nitrogens with one attached hydrogen (secondary N) is 2. The van der Waals surface area contributed by atoms with Crippen LogP contribution in [0.1, 0.15) is 39.5 Å². The van der Waals surface area contributed by atoms with Crippen molar-refractivity contribution in [3.05, 3.63) is 0 Å². The zero-order valence-electron chi connectivity index (χ0n) is 15.1. The molecule has 0 aromatic rings. The lowest BCUT2D eigenvalue weighted by molar-refractivity contribution is 0.161. The Kier molecular flexibility index (Phi) is 8.91. The Balaban J connectivity index is 2.48. The second kappa shape index (κ2) is 10.1. The van der Waals surface area contributed by atoms with Gasteiger partial charge in [-0.05, 0) is 31.8 Å². The number of likely N-dealkylation sites (tertiary alicyclic amines) is 1. The van der Waals surface area contributed by atoms with Crippen LogP contribution in [0.25, 0.3) is 0 Å². The molecule has 1 atom stereocenters. The molecular formula is C16H34N4O2S. The summed E-state index contributed by atoms with van der Waals surface area (Å²) in [4.78, 5) is 6.78. The molecule has 6 nitrogen and oxygen atoms in total. The minimum absolute atomic E-state index is 0.118. The Morgan fingerprint density at radius 2 is 1.74 bits per heavy atom. The molecule has 1 unspecified atom stereocenters. The van der Waals surface area contributed by atoms with E-state index in [1.165, 1.54) is 45.0 Å². The first-order valence-electron chi connectivity index (χ1n) is 8.70. The fraction of sp³-hybridized carbons (Fsp3) is 0.938. The number of guanidine groups is 1. The summed E-state index contributed by atoms with van der Waals surface area (Å²) >= 11 is 0. The third kappa shape index (κ3) is 8.55. The third-order valence-electron chi connectivity index (χ3n) is 4.35. The molecular weight excluding hydrogens is 312 g/mol. The van der Waals surface area contributed by atoms with E-state index in [0.29, 0.717) is 24.5 Å². The lowest BCUT2D eigenvalue weighted by atomic mass is 10.0. The number of rotatable bonds is 7. The van der Waals surface area contributed by atoms with Gasteiger partial charge >= 0.3 is 0 Å². The summed E-state index contributed by atoms with van der Waals surface area (Å²) in [6, 6.07) is 0.474. The molecule has 1 aliphatic rings. The molecule has 0 saturated carbocycles. The molecule has 0 radical (unpaired) electrons. The van der Waals surface area contributed by atoms with Crippen molar-refractivity contribution in [2.24, 2.45) is 10.9 Å². The van der Waals surface area contributed by atoms with Gasteiger partial charge in [0.25, 0.3) is 0 Å². The van der Waals surface area contributed by atoms with Gasteiger partial charge in [-0.25, -0.2) is 8.42 Å². The van der Waals surface area contributed by atoms with Gasteiger partial charge in [0, 0.05) is 32.4 Å². The van der Waals surface area contributed by atoms with E-state index in [9.17, 15) is 8.42 Å². The van der Waals surface area contributed by atoms with E-state index >= 15 is 0 Å². The number of aliphatic imine (C=N–C) groups is 1. The van der Waals surface area contributed by atoms with Crippen LogP contribution in [0.3, 0.4) is 0 Å². The standard InChI is InChI=1S/C16H34N4O2S/c1-14(2)15(20-10-7-5-6-8-11-20)13-19-16(17-3)18-9-12-23(4,21)22/h14-15H,5-13H2,1-4H3,(H2,17,18,19). The maximum Gasteiger partial charge on any atom is 0.191 e. The first kappa shape index (κ1) is 20.2. The van der Waals surface area contributed by atoms with Crippen molar-refractivity contribution in [3.63, 3.8) is 0 Å². The van der Waals surface area contributed by atoms with Crippen LogP contribution in [0.4, 0.5) is 0 Å². The molecule has 1 rings (SSSR count). The van der Waals surface area contributed by atoms with Gasteiger partial charge in [0.2, 0.25) is 0 Å². The van der Waals surface area contributed by atoms with E-state index in [4.69, 9.17) is 0 Å².